The summed E-state index contributed by atoms with van der Waals surface area (Å²) in [7, 11) is 0. The average molecular weight is 620 g/mol. The van der Waals surface area contributed by atoms with Gasteiger partial charge in [0.05, 0.1) is 22.4 Å². The van der Waals surface area contributed by atoms with Crippen LogP contribution in [0.3, 0.4) is 0 Å². The maximum atomic E-state index is 13.9. The summed E-state index contributed by atoms with van der Waals surface area (Å²) in [5.41, 5.74) is 5.20. The minimum absolute atomic E-state index is 0.0447. The van der Waals surface area contributed by atoms with Gasteiger partial charge in [0.2, 0.25) is 11.8 Å². The lowest BCUT2D eigenvalue weighted by molar-refractivity contribution is -0.123. The molecule has 0 radical (unpaired) electrons. The summed E-state index contributed by atoms with van der Waals surface area (Å²) in [6.45, 7) is 4.96. The number of piperidine rings is 1. The van der Waals surface area contributed by atoms with Gasteiger partial charge in [-0.1, -0.05) is 67.2 Å². The molecule has 0 saturated carbocycles. The van der Waals surface area contributed by atoms with Gasteiger partial charge in [-0.05, 0) is 43.2 Å². The number of benzene rings is 2. The molecule has 1 aromatic heterocycles. The van der Waals surface area contributed by atoms with Crippen LogP contribution in [0.1, 0.15) is 68.0 Å². The average Bonchev–Trinajstić information content (AvgIpc) is 3.36. The standard InChI is InChI=1S/C29H33Cl3N6O3/c1-3-24(39)33-17-22(34-25(40)4-2)26-27(29(41)36-37-14-6-5-7-15-37)35-38(23-13-12-20(31)16-21(23)32)28(26)18-8-10-19(30)11-9-18/h8-13,16,22H,3-7,14-15,17H2,1-2H3,(H,33,39)(H,34,40)(H,36,41). The quantitative estimate of drug-likeness (QED) is 0.269. The lowest BCUT2D eigenvalue weighted by atomic mass is 9.98. The number of nitrogens with zero attached hydrogens (tertiary/aromatic N) is 3. The highest BCUT2D eigenvalue weighted by Gasteiger charge is 2.32. The van der Waals surface area contributed by atoms with Gasteiger partial charge in [-0.25, -0.2) is 9.69 Å². The third-order valence-corrected chi connectivity index (χ3v) is 7.63. The smallest absolute Gasteiger partial charge is 0.286 e. The van der Waals surface area contributed by atoms with Gasteiger partial charge in [-0.2, -0.15) is 5.10 Å². The molecule has 0 bridgehead atoms. The van der Waals surface area contributed by atoms with Gasteiger partial charge in [0, 0.05) is 53.6 Å². The number of rotatable bonds is 10. The first-order valence-electron chi connectivity index (χ1n) is 13.7. The summed E-state index contributed by atoms with van der Waals surface area (Å²) in [6.07, 6.45) is 3.51. The van der Waals surface area contributed by atoms with Crippen molar-refractivity contribution in [2.24, 2.45) is 0 Å². The first-order valence-corrected chi connectivity index (χ1v) is 14.8. The summed E-state index contributed by atoms with van der Waals surface area (Å²) >= 11 is 19.1. The van der Waals surface area contributed by atoms with E-state index in [4.69, 9.17) is 39.9 Å². The predicted octanol–water partition coefficient (Wildman–Crippen LogP) is 5.72. The summed E-state index contributed by atoms with van der Waals surface area (Å²) in [6, 6.07) is 11.3. The van der Waals surface area contributed by atoms with Crippen molar-refractivity contribution in [2.45, 2.75) is 52.0 Å². The van der Waals surface area contributed by atoms with Crippen molar-refractivity contribution in [1.82, 2.24) is 30.8 Å². The van der Waals surface area contributed by atoms with Gasteiger partial charge in [0.25, 0.3) is 5.91 Å². The van der Waals surface area contributed by atoms with Gasteiger partial charge in [0.15, 0.2) is 5.69 Å². The molecule has 1 saturated heterocycles. The van der Waals surface area contributed by atoms with Crippen LogP contribution in [0, 0.1) is 0 Å². The Morgan fingerprint density at radius 3 is 2.20 bits per heavy atom. The highest BCUT2D eigenvalue weighted by Crippen LogP contribution is 2.36. The SMILES string of the molecule is CCC(=O)NCC(NC(=O)CC)c1c(C(=O)NN2CCCCC2)nn(-c2ccc(Cl)cc2Cl)c1-c1ccc(Cl)cc1. The Labute approximate surface area is 254 Å². The van der Waals surface area contributed by atoms with Crippen LogP contribution >= 0.6 is 34.8 Å². The summed E-state index contributed by atoms with van der Waals surface area (Å²) in [5.74, 6) is -0.873. The molecule has 1 aliphatic rings. The molecule has 2 heterocycles. The summed E-state index contributed by atoms with van der Waals surface area (Å²) in [4.78, 5) is 39.0. The first-order chi connectivity index (χ1) is 19.7. The largest absolute Gasteiger partial charge is 0.354 e. The van der Waals surface area contributed by atoms with Crippen LogP contribution in [0.5, 0.6) is 0 Å². The lowest BCUT2D eigenvalue weighted by Gasteiger charge is -2.27. The zero-order valence-corrected chi connectivity index (χ0v) is 25.2. The van der Waals surface area contributed by atoms with Crippen LogP contribution in [-0.2, 0) is 9.59 Å². The molecule has 1 unspecified atom stereocenters. The predicted molar refractivity (Wildman–Crippen MR) is 161 cm³/mol. The van der Waals surface area contributed by atoms with Crippen LogP contribution < -0.4 is 16.1 Å². The number of amides is 3. The van der Waals surface area contributed by atoms with Crippen molar-refractivity contribution >= 4 is 52.5 Å². The monoisotopic (exact) mass is 618 g/mol. The molecule has 2 aromatic carbocycles. The number of aromatic nitrogens is 2. The molecule has 12 heteroatoms. The Hall–Kier alpha value is -3.11. The highest BCUT2D eigenvalue weighted by atomic mass is 35.5. The van der Waals surface area contributed by atoms with Gasteiger partial charge in [-0.3, -0.25) is 19.8 Å². The second-order valence-electron chi connectivity index (χ2n) is 9.75. The first kappa shape index (κ1) is 30.8. The fourth-order valence-corrected chi connectivity index (χ4v) is 5.32. The maximum Gasteiger partial charge on any atom is 0.286 e. The topological polar surface area (TPSA) is 108 Å². The zero-order chi connectivity index (χ0) is 29.5. The van der Waals surface area contributed by atoms with Crippen molar-refractivity contribution in [3.8, 4) is 16.9 Å². The molecule has 3 N–H and O–H groups in total. The molecule has 0 spiro atoms. The fourth-order valence-electron chi connectivity index (χ4n) is 4.71. The molecule has 1 aliphatic heterocycles. The Bertz CT molecular complexity index is 1400. The van der Waals surface area contributed by atoms with E-state index in [1.165, 1.54) is 0 Å². The summed E-state index contributed by atoms with van der Waals surface area (Å²) in [5, 5.41) is 13.8. The van der Waals surface area contributed by atoms with Crippen LogP contribution in [0.4, 0.5) is 0 Å². The number of nitrogens with one attached hydrogen (secondary N) is 3. The Morgan fingerprint density at radius 2 is 1.56 bits per heavy atom. The number of carbonyl (C=O) groups excluding carboxylic acids is 3. The van der Waals surface area contributed by atoms with E-state index in [0.717, 1.165) is 32.4 Å². The number of hydrogen-bond donors (Lipinski definition) is 3. The number of hydrogen-bond acceptors (Lipinski definition) is 5. The Kier molecular flexibility index (Phi) is 10.7. The van der Waals surface area contributed by atoms with E-state index in [-0.39, 0.29) is 36.9 Å². The molecule has 1 fully saturated rings. The van der Waals surface area contributed by atoms with Crippen molar-refractivity contribution < 1.29 is 14.4 Å². The normalized spacial score (nSPS) is 14.4. The summed E-state index contributed by atoms with van der Waals surface area (Å²) < 4.78 is 1.58. The van der Waals surface area contributed by atoms with Crippen molar-refractivity contribution in [1.29, 1.82) is 0 Å². The number of halogens is 3. The van der Waals surface area contributed by atoms with Gasteiger partial charge >= 0.3 is 0 Å². The van der Waals surface area contributed by atoms with E-state index >= 15 is 0 Å². The Balaban J connectivity index is 1.97. The maximum absolute atomic E-state index is 13.9. The van der Waals surface area contributed by atoms with Crippen molar-refractivity contribution in [3.63, 3.8) is 0 Å². The van der Waals surface area contributed by atoms with Crippen molar-refractivity contribution in [3.05, 3.63) is 68.8 Å². The molecule has 218 valence electrons. The second kappa shape index (κ2) is 14.2. The van der Waals surface area contributed by atoms with Gasteiger partial charge in [0.1, 0.15) is 0 Å². The van der Waals surface area contributed by atoms with Gasteiger partial charge in [-0.15, -0.1) is 0 Å². The van der Waals surface area contributed by atoms with E-state index in [2.05, 4.69) is 16.1 Å². The molecule has 4 rings (SSSR count). The molecule has 0 aliphatic carbocycles. The fraction of sp³-hybridized carbons (Fsp3) is 0.379. The molecular weight excluding hydrogens is 587 g/mol. The zero-order valence-electron chi connectivity index (χ0n) is 23.0. The lowest BCUT2D eigenvalue weighted by Crippen LogP contribution is -2.46. The van der Waals surface area contributed by atoms with E-state index in [1.807, 2.05) is 5.01 Å². The second-order valence-corrected chi connectivity index (χ2v) is 11.0. The molecule has 41 heavy (non-hydrogen) atoms. The van der Waals surface area contributed by atoms with Crippen LogP contribution in [-0.4, -0.2) is 52.1 Å². The minimum Gasteiger partial charge on any atom is -0.354 e. The third kappa shape index (κ3) is 7.60. The van der Waals surface area contributed by atoms with Gasteiger partial charge < -0.3 is 10.6 Å². The van der Waals surface area contributed by atoms with E-state index in [1.54, 1.807) is 61.0 Å². The molecule has 3 aromatic rings. The van der Waals surface area contributed by atoms with Crippen LogP contribution in [0.25, 0.3) is 16.9 Å². The molecule has 9 nitrogen and oxygen atoms in total. The molecule has 1 atom stereocenters. The van der Waals surface area contributed by atoms with E-state index in [0.29, 0.717) is 37.6 Å². The van der Waals surface area contributed by atoms with E-state index in [9.17, 15) is 14.4 Å². The van der Waals surface area contributed by atoms with Crippen LogP contribution in [0.15, 0.2) is 42.5 Å². The van der Waals surface area contributed by atoms with Crippen molar-refractivity contribution in [2.75, 3.05) is 19.6 Å². The minimum atomic E-state index is -0.787. The Morgan fingerprint density at radius 1 is 0.902 bits per heavy atom. The molecule has 3 amide bonds. The highest BCUT2D eigenvalue weighted by molar-refractivity contribution is 6.35. The number of carbonyl (C=O) groups is 3. The van der Waals surface area contributed by atoms with Crippen LogP contribution in [0.2, 0.25) is 15.1 Å². The third-order valence-electron chi connectivity index (χ3n) is 6.84. The van der Waals surface area contributed by atoms with E-state index < -0.39 is 11.9 Å². The molecular formula is C29H33Cl3N6O3. The number of hydrazine groups is 1.